The van der Waals surface area contributed by atoms with Crippen LogP contribution in [0.2, 0.25) is 0 Å². The molecular formula is C22H40N4O4S. The summed E-state index contributed by atoms with van der Waals surface area (Å²) >= 11 is 1.55. The van der Waals surface area contributed by atoms with Crippen LogP contribution in [-0.2, 0) is 9.53 Å². The number of hydrogen-bond acceptors (Lipinski definition) is 8. The van der Waals surface area contributed by atoms with Crippen LogP contribution in [0, 0.1) is 19.8 Å². The molecule has 2 fully saturated rings. The Labute approximate surface area is 191 Å². The lowest BCUT2D eigenvalue weighted by atomic mass is 10.1. The highest BCUT2D eigenvalue weighted by Crippen LogP contribution is 2.31. The number of morpholine rings is 1. The topological polar surface area (TPSA) is 108 Å². The molecule has 1 aliphatic heterocycles. The van der Waals surface area contributed by atoms with Gasteiger partial charge in [-0.2, -0.15) is 0 Å². The highest BCUT2D eigenvalue weighted by molar-refractivity contribution is 7.98. The largest absolute Gasteiger partial charge is 0.378 e. The van der Waals surface area contributed by atoms with E-state index in [1.165, 1.54) is 13.8 Å². The van der Waals surface area contributed by atoms with E-state index >= 15 is 0 Å². The van der Waals surface area contributed by atoms with Gasteiger partial charge in [0.2, 0.25) is 5.91 Å². The van der Waals surface area contributed by atoms with E-state index in [4.69, 9.17) is 14.9 Å². The highest BCUT2D eigenvalue weighted by Gasteiger charge is 2.33. The summed E-state index contributed by atoms with van der Waals surface area (Å²) in [7, 11) is 0. The van der Waals surface area contributed by atoms with Crippen molar-refractivity contribution in [3.05, 3.63) is 11.3 Å². The Morgan fingerprint density at radius 3 is 2.29 bits per heavy atom. The number of aromatic nitrogens is 2. The summed E-state index contributed by atoms with van der Waals surface area (Å²) in [6, 6.07) is 0.308. The highest BCUT2D eigenvalue weighted by atomic mass is 32.2. The Morgan fingerprint density at radius 1 is 1.16 bits per heavy atom. The van der Waals surface area contributed by atoms with Crippen molar-refractivity contribution in [2.24, 2.45) is 5.92 Å². The van der Waals surface area contributed by atoms with Crippen LogP contribution in [0.25, 0.3) is 0 Å². The van der Waals surface area contributed by atoms with E-state index < -0.39 is 5.79 Å². The molecule has 0 radical (unpaired) electrons. The molecule has 31 heavy (non-hydrogen) atoms. The van der Waals surface area contributed by atoms with E-state index in [9.17, 15) is 4.79 Å². The predicted molar refractivity (Wildman–Crippen MR) is 125 cm³/mol. The van der Waals surface area contributed by atoms with Gasteiger partial charge in [-0.05, 0) is 53.2 Å². The minimum Gasteiger partial charge on any atom is -0.378 e. The average Bonchev–Trinajstić information content (AvgIpc) is 3.20. The number of hydrogen-bond donors (Lipinski definition) is 3. The molecule has 2 atom stereocenters. The van der Waals surface area contributed by atoms with Crippen molar-refractivity contribution < 1.29 is 19.7 Å². The molecular weight excluding hydrogens is 416 g/mol. The van der Waals surface area contributed by atoms with Crippen molar-refractivity contribution in [3.8, 4) is 0 Å². The summed E-state index contributed by atoms with van der Waals surface area (Å²) in [6.45, 7) is 13.5. The zero-order chi connectivity index (χ0) is 23.6. The standard InChI is InChI=1S/C17H26N4O2S.C3H8O2.C2H6/c1-11-12(2)18-17(24-3)20-15(11)19-14-5-4-13(10-14)16(22)21-6-8-23-9-7-21;1-3(2,4)5;1-2/h13-14H,4-10H2,1-3H3,(H,18,19,20);4-5H,1-2H3;1-2H3/t13-,14+;;/m1../s1. The van der Waals surface area contributed by atoms with Crippen molar-refractivity contribution in [2.45, 2.75) is 77.8 Å². The fourth-order valence-electron chi connectivity index (χ4n) is 3.41. The first-order valence-electron chi connectivity index (χ1n) is 11.1. The normalized spacial score (nSPS) is 20.9. The second-order valence-electron chi connectivity index (χ2n) is 8.05. The lowest BCUT2D eigenvalue weighted by Gasteiger charge is -2.29. The third-order valence-corrected chi connectivity index (χ3v) is 5.54. The Kier molecular flexibility index (Phi) is 11.8. The minimum atomic E-state index is -1.50. The molecule has 3 rings (SSSR count). The van der Waals surface area contributed by atoms with Gasteiger partial charge in [0.1, 0.15) is 5.82 Å². The molecule has 2 aliphatic rings. The molecule has 1 saturated carbocycles. The fraction of sp³-hybridized carbons (Fsp3) is 0.773. The predicted octanol–water partition coefficient (Wildman–Crippen LogP) is 2.99. The first-order chi connectivity index (χ1) is 14.6. The van der Waals surface area contributed by atoms with Gasteiger partial charge < -0.3 is 25.2 Å². The Morgan fingerprint density at radius 2 is 1.74 bits per heavy atom. The van der Waals surface area contributed by atoms with E-state index in [2.05, 4.69) is 15.3 Å². The number of carbonyl (C=O) groups excluding carboxylic acids is 1. The van der Waals surface area contributed by atoms with Gasteiger partial charge in [0.05, 0.1) is 13.2 Å². The SMILES string of the molecule is CC.CC(C)(O)O.CSc1nc(C)c(C)c(N[C@H]2CC[C@@H](C(=O)N3CCOCC3)C2)n1. The molecule has 1 aliphatic carbocycles. The molecule has 1 amide bonds. The monoisotopic (exact) mass is 456 g/mol. The molecule has 3 N–H and O–H groups in total. The van der Waals surface area contributed by atoms with Crippen LogP contribution in [0.3, 0.4) is 0 Å². The summed E-state index contributed by atoms with van der Waals surface area (Å²) in [5, 5.41) is 20.5. The number of aliphatic hydroxyl groups is 2. The second kappa shape index (κ2) is 13.2. The number of rotatable bonds is 4. The smallest absolute Gasteiger partial charge is 0.225 e. The number of anilines is 1. The van der Waals surface area contributed by atoms with Crippen molar-refractivity contribution in [1.29, 1.82) is 0 Å². The third-order valence-electron chi connectivity index (χ3n) is 5.00. The summed E-state index contributed by atoms with van der Waals surface area (Å²) in [4.78, 5) is 23.7. The number of thioether (sulfide) groups is 1. The van der Waals surface area contributed by atoms with Crippen LogP contribution in [0.1, 0.15) is 58.2 Å². The number of ether oxygens (including phenoxy) is 1. The lowest BCUT2D eigenvalue weighted by molar-refractivity contribution is -0.139. The third kappa shape index (κ3) is 9.72. The van der Waals surface area contributed by atoms with Gasteiger partial charge in [-0.15, -0.1) is 0 Å². The summed E-state index contributed by atoms with van der Waals surface area (Å²) in [6.07, 6.45) is 4.83. The fourth-order valence-corrected chi connectivity index (χ4v) is 3.82. The molecule has 0 bridgehead atoms. The molecule has 1 aromatic rings. The van der Waals surface area contributed by atoms with Crippen LogP contribution >= 0.6 is 11.8 Å². The summed E-state index contributed by atoms with van der Waals surface area (Å²) in [5.74, 6) is -0.164. The van der Waals surface area contributed by atoms with Gasteiger partial charge in [0.25, 0.3) is 0 Å². The van der Waals surface area contributed by atoms with Crippen molar-refractivity contribution >= 4 is 23.5 Å². The summed E-state index contributed by atoms with van der Waals surface area (Å²) < 4.78 is 5.34. The number of carbonyl (C=O) groups is 1. The zero-order valence-corrected chi connectivity index (χ0v) is 20.9. The summed E-state index contributed by atoms with van der Waals surface area (Å²) in [5.41, 5.74) is 2.10. The molecule has 0 aromatic carbocycles. The minimum absolute atomic E-state index is 0.129. The van der Waals surface area contributed by atoms with Gasteiger partial charge in [-0.25, -0.2) is 9.97 Å². The Bertz CT molecular complexity index is 685. The second-order valence-corrected chi connectivity index (χ2v) is 8.83. The van der Waals surface area contributed by atoms with Crippen molar-refractivity contribution in [3.63, 3.8) is 0 Å². The lowest BCUT2D eigenvalue weighted by Crippen LogP contribution is -2.43. The zero-order valence-electron chi connectivity index (χ0n) is 20.1. The molecule has 0 unspecified atom stereocenters. The van der Waals surface area contributed by atoms with Crippen LogP contribution in [0.4, 0.5) is 5.82 Å². The van der Waals surface area contributed by atoms with E-state index in [1.807, 2.05) is 38.9 Å². The molecule has 8 nitrogen and oxygen atoms in total. The average molecular weight is 457 g/mol. The molecule has 0 spiro atoms. The molecule has 1 saturated heterocycles. The van der Waals surface area contributed by atoms with Gasteiger partial charge in [-0.1, -0.05) is 25.6 Å². The van der Waals surface area contributed by atoms with Crippen molar-refractivity contribution in [1.82, 2.24) is 14.9 Å². The van der Waals surface area contributed by atoms with Crippen LogP contribution < -0.4 is 5.32 Å². The van der Waals surface area contributed by atoms with Crippen LogP contribution in [0.15, 0.2) is 5.16 Å². The first kappa shape index (κ1) is 27.6. The number of aryl methyl sites for hydroxylation is 1. The molecule has 1 aromatic heterocycles. The van der Waals surface area contributed by atoms with Crippen LogP contribution in [-0.4, -0.2) is 75.4 Å². The number of nitrogens with one attached hydrogen (secondary N) is 1. The van der Waals surface area contributed by atoms with Gasteiger partial charge in [0.15, 0.2) is 10.9 Å². The quantitative estimate of drug-likeness (QED) is 0.361. The van der Waals surface area contributed by atoms with Gasteiger partial charge in [0, 0.05) is 36.3 Å². The maximum atomic E-state index is 12.6. The van der Waals surface area contributed by atoms with Gasteiger partial charge in [-0.3, -0.25) is 4.79 Å². The Balaban J connectivity index is 0.000000605. The first-order valence-corrected chi connectivity index (χ1v) is 12.3. The molecule has 178 valence electrons. The maximum Gasteiger partial charge on any atom is 0.225 e. The van der Waals surface area contributed by atoms with E-state index in [0.717, 1.165) is 54.6 Å². The van der Waals surface area contributed by atoms with Crippen LogP contribution in [0.5, 0.6) is 0 Å². The van der Waals surface area contributed by atoms with Gasteiger partial charge >= 0.3 is 0 Å². The molecule has 2 heterocycles. The number of nitrogens with zero attached hydrogens (tertiary/aromatic N) is 3. The van der Waals surface area contributed by atoms with E-state index in [1.54, 1.807) is 11.8 Å². The van der Waals surface area contributed by atoms with Crippen molar-refractivity contribution in [2.75, 3.05) is 37.9 Å². The number of amides is 1. The van der Waals surface area contributed by atoms with E-state index in [-0.39, 0.29) is 5.92 Å². The Hall–Kier alpha value is -1.42. The molecule has 9 heteroatoms. The van der Waals surface area contributed by atoms with E-state index in [0.29, 0.717) is 25.2 Å². The maximum absolute atomic E-state index is 12.6.